The van der Waals surface area contributed by atoms with Crippen LogP contribution in [0.3, 0.4) is 0 Å². The van der Waals surface area contributed by atoms with Gasteiger partial charge in [-0.1, -0.05) is 12.1 Å². The Morgan fingerprint density at radius 2 is 2.05 bits per heavy atom. The molecule has 112 valence electrons. The van der Waals surface area contributed by atoms with Gasteiger partial charge in [0.25, 0.3) is 0 Å². The second kappa shape index (κ2) is 6.00. The van der Waals surface area contributed by atoms with Crippen molar-refractivity contribution in [2.45, 2.75) is 32.4 Å². The molecular formula is C17H22N2O2. The van der Waals surface area contributed by atoms with Gasteiger partial charge in [0.2, 0.25) is 0 Å². The van der Waals surface area contributed by atoms with Crippen molar-refractivity contribution in [1.82, 2.24) is 10.2 Å². The fraction of sp³-hybridized carbons (Fsp3) is 0.471. The molecule has 2 heterocycles. The molecule has 1 aliphatic heterocycles. The van der Waals surface area contributed by atoms with E-state index < -0.39 is 0 Å². The molecule has 4 nitrogen and oxygen atoms in total. The monoisotopic (exact) mass is 286 g/mol. The van der Waals surface area contributed by atoms with Crippen LogP contribution in [0.1, 0.15) is 24.0 Å². The third kappa shape index (κ3) is 3.17. The second-order valence-corrected chi connectivity index (χ2v) is 5.99. The normalized spacial score (nSPS) is 16.7. The largest absolute Gasteiger partial charge is 0.423 e. The van der Waals surface area contributed by atoms with E-state index in [1.807, 2.05) is 13.0 Å². The Balaban J connectivity index is 1.90. The number of aryl methyl sites for hydroxylation is 1. The minimum absolute atomic E-state index is 0.262. The molecule has 1 aliphatic rings. The standard InChI is InChI=1S/C17H22N2O2/c1-12-3-4-15-13(10-17(20)21-16(15)9-12)11-19(2)14-5-7-18-8-6-14/h3-4,9-10,14,18H,5-8,11H2,1-2H3. The number of piperidine rings is 1. The summed E-state index contributed by atoms with van der Waals surface area (Å²) in [6, 6.07) is 8.27. The SMILES string of the molecule is Cc1ccc2c(CN(C)C3CCNCC3)cc(=O)oc2c1. The van der Waals surface area contributed by atoms with E-state index in [9.17, 15) is 4.79 Å². The van der Waals surface area contributed by atoms with Crippen molar-refractivity contribution in [2.24, 2.45) is 0 Å². The van der Waals surface area contributed by atoms with Crippen LogP contribution in [0.25, 0.3) is 11.0 Å². The number of hydrogen-bond donors (Lipinski definition) is 1. The van der Waals surface area contributed by atoms with Crippen molar-refractivity contribution in [1.29, 1.82) is 0 Å². The van der Waals surface area contributed by atoms with Crippen LogP contribution >= 0.6 is 0 Å². The van der Waals surface area contributed by atoms with Gasteiger partial charge >= 0.3 is 5.63 Å². The van der Waals surface area contributed by atoms with E-state index in [4.69, 9.17) is 4.42 Å². The lowest BCUT2D eigenvalue weighted by Gasteiger charge is -2.31. The van der Waals surface area contributed by atoms with Crippen LogP contribution in [0.4, 0.5) is 0 Å². The van der Waals surface area contributed by atoms with Crippen molar-refractivity contribution in [3.63, 3.8) is 0 Å². The summed E-state index contributed by atoms with van der Waals surface area (Å²) in [5, 5.41) is 4.43. The van der Waals surface area contributed by atoms with Crippen molar-refractivity contribution >= 4 is 11.0 Å². The van der Waals surface area contributed by atoms with Crippen molar-refractivity contribution < 1.29 is 4.42 Å². The predicted molar refractivity (Wildman–Crippen MR) is 84.6 cm³/mol. The number of benzene rings is 1. The van der Waals surface area contributed by atoms with Crippen LogP contribution in [-0.2, 0) is 6.54 Å². The van der Waals surface area contributed by atoms with Gasteiger partial charge in [-0.15, -0.1) is 0 Å². The van der Waals surface area contributed by atoms with Gasteiger partial charge in [0.1, 0.15) is 5.58 Å². The first-order valence-corrected chi connectivity index (χ1v) is 7.58. The molecule has 21 heavy (non-hydrogen) atoms. The fourth-order valence-electron chi connectivity index (χ4n) is 3.11. The van der Waals surface area contributed by atoms with Gasteiger partial charge in [-0.05, 0) is 57.1 Å². The molecule has 0 spiro atoms. The smallest absolute Gasteiger partial charge is 0.336 e. The van der Waals surface area contributed by atoms with Crippen LogP contribution in [0, 0.1) is 6.92 Å². The summed E-state index contributed by atoms with van der Waals surface area (Å²) in [5.41, 5.74) is 2.59. The zero-order chi connectivity index (χ0) is 14.8. The highest BCUT2D eigenvalue weighted by atomic mass is 16.4. The summed E-state index contributed by atoms with van der Waals surface area (Å²) in [6.45, 7) is 4.95. The third-order valence-corrected chi connectivity index (χ3v) is 4.34. The molecule has 0 radical (unpaired) electrons. The van der Waals surface area contributed by atoms with Crippen molar-refractivity contribution in [3.8, 4) is 0 Å². The maximum absolute atomic E-state index is 11.8. The molecule has 4 heteroatoms. The van der Waals surface area contributed by atoms with E-state index in [0.29, 0.717) is 11.6 Å². The Morgan fingerprint density at radius 1 is 1.29 bits per heavy atom. The average molecular weight is 286 g/mol. The van der Waals surface area contributed by atoms with Gasteiger partial charge in [-0.3, -0.25) is 4.90 Å². The van der Waals surface area contributed by atoms with E-state index in [-0.39, 0.29) is 5.63 Å². The summed E-state index contributed by atoms with van der Waals surface area (Å²) < 4.78 is 5.33. The molecule has 1 N–H and O–H groups in total. The van der Waals surface area contributed by atoms with Crippen molar-refractivity contribution in [3.05, 3.63) is 45.8 Å². The van der Waals surface area contributed by atoms with Crippen LogP contribution in [0.5, 0.6) is 0 Å². The van der Waals surface area contributed by atoms with Crippen LogP contribution < -0.4 is 10.9 Å². The minimum Gasteiger partial charge on any atom is -0.423 e. The highest BCUT2D eigenvalue weighted by molar-refractivity contribution is 5.80. The molecule has 1 aromatic carbocycles. The molecule has 2 aromatic rings. The molecular weight excluding hydrogens is 264 g/mol. The number of rotatable bonds is 3. The van der Waals surface area contributed by atoms with Gasteiger partial charge in [0.15, 0.2) is 0 Å². The second-order valence-electron chi connectivity index (χ2n) is 5.99. The summed E-state index contributed by atoms with van der Waals surface area (Å²) in [4.78, 5) is 14.1. The Bertz CT molecular complexity index is 687. The number of nitrogens with one attached hydrogen (secondary N) is 1. The summed E-state index contributed by atoms with van der Waals surface area (Å²) in [6.07, 6.45) is 2.32. The first-order chi connectivity index (χ1) is 10.1. The topological polar surface area (TPSA) is 45.5 Å². The van der Waals surface area contributed by atoms with Gasteiger partial charge in [-0.2, -0.15) is 0 Å². The van der Waals surface area contributed by atoms with E-state index in [1.165, 1.54) is 0 Å². The first kappa shape index (κ1) is 14.3. The van der Waals surface area contributed by atoms with Gasteiger partial charge in [0.05, 0.1) is 0 Å². The molecule has 3 rings (SSSR count). The Hall–Kier alpha value is -1.65. The van der Waals surface area contributed by atoms with Gasteiger partial charge in [0, 0.05) is 24.0 Å². The van der Waals surface area contributed by atoms with E-state index in [1.54, 1.807) is 6.07 Å². The third-order valence-electron chi connectivity index (χ3n) is 4.34. The number of nitrogens with zero attached hydrogens (tertiary/aromatic N) is 1. The molecule has 0 saturated carbocycles. The zero-order valence-electron chi connectivity index (χ0n) is 12.7. The quantitative estimate of drug-likeness (QED) is 0.879. The maximum atomic E-state index is 11.8. The van der Waals surface area contributed by atoms with Gasteiger partial charge in [-0.25, -0.2) is 4.79 Å². The molecule has 1 fully saturated rings. The minimum atomic E-state index is -0.262. The van der Waals surface area contributed by atoms with Crippen molar-refractivity contribution in [2.75, 3.05) is 20.1 Å². The summed E-state index contributed by atoms with van der Waals surface area (Å²) >= 11 is 0. The average Bonchev–Trinajstić information content (AvgIpc) is 2.47. The lowest BCUT2D eigenvalue weighted by atomic mass is 10.0. The van der Waals surface area contributed by atoms with E-state index in [0.717, 1.165) is 49.0 Å². The lowest BCUT2D eigenvalue weighted by molar-refractivity contribution is 0.192. The van der Waals surface area contributed by atoms with E-state index >= 15 is 0 Å². The number of fused-ring (bicyclic) bond motifs is 1. The Morgan fingerprint density at radius 3 is 2.81 bits per heavy atom. The Kier molecular flexibility index (Phi) is 4.08. The molecule has 0 atom stereocenters. The lowest BCUT2D eigenvalue weighted by Crippen LogP contribution is -2.40. The van der Waals surface area contributed by atoms with Crippen LogP contribution in [-0.4, -0.2) is 31.1 Å². The molecule has 0 aliphatic carbocycles. The summed E-state index contributed by atoms with van der Waals surface area (Å²) in [5.74, 6) is 0. The van der Waals surface area contributed by atoms with E-state index in [2.05, 4.69) is 29.4 Å². The molecule has 0 amide bonds. The molecule has 0 bridgehead atoms. The molecule has 1 saturated heterocycles. The van der Waals surface area contributed by atoms with Gasteiger partial charge < -0.3 is 9.73 Å². The fourth-order valence-corrected chi connectivity index (χ4v) is 3.11. The highest BCUT2D eigenvalue weighted by Crippen LogP contribution is 2.21. The van der Waals surface area contributed by atoms with Crippen LogP contribution in [0.2, 0.25) is 0 Å². The molecule has 0 unspecified atom stereocenters. The first-order valence-electron chi connectivity index (χ1n) is 7.58. The number of hydrogen-bond acceptors (Lipinski definition) is 4. The highest BCUT2D eigenvalue weighted by Gasteiger charge is 2.18. The zero-order valence-corrected chi connectivity index (χ0v) is 12.7. The van der Waals surface area contributed by atoms with Crippen LogP contribution in [0.15, 0.2) is 33.5 Å². The molecule has 1 aromatic heterocycles. The summed E-state index contributed by atoms with van der Waals surface area (Å²) in [7, 11) is 2.14. The predicted octanol–water partition coefficient (Wildman–Crippen LogP) is 2.29. The maximum Gasteiger partial charge on any atom is 0.336 e. The Labute approximate surface area is 124 Å².